The first kappa shape index (κ1) is 14.3. The average molecular weight is 288 g/mol. The monoisotopic (exact) mass is 288 g/mol. The van der Waals surface area contributed by atoms with Crippen LogP contribution >= 0.6 is 0 Å². The summed E-state index contributed by atoms with van der Waals surface area (Å²) in [4.78, 5) is 21.6. The Hall–Kier alpha value is -3.09. The van der Waals surface area contributed by atoms with Gasteiger partial charge in [-0.3, -0.25) is 14.9 Å². The van der Waals surface area contributed by atoms with E-state index in [1.165, 1.54) is 31.4 Å². The lowest BCUT2D eigenvalue weighted by Gasteiger charge is -2.07. The van der Waals surface area contributed by atoms with E-state index in [1.54, 1.807) is 24.3 Å². The fourth-order valence-electron chi connectivity index (χ4n) is 1.61. The molecule has 7 nitrogen and oxygen atoms in total. The molecule has 21 heavy (non-hydrogen) atoms. The molecule has 0 aliphatic carbocycles. The van der Waals surface area contributed by atoms with Gasteiger partial charge in [-0.05, 0) is 24.3 Å². The molecule has 0 aliphatic rings. The summed E-state index contributed by atoms with van der Waals surface area (Å²) in [5.74, 6) is -0.0249. The maximum Gasteiger partial charge on any atom is 0.433 e. The Bertz CT molecular complexity index is 690. The topological polar surface area (TPSA) is 94.6 Å². The second kappa shape index (κ2) is 6.38. The molecule has 0 fully saturated rings. The summed E-state index contributed by atoms with van der Waals surface area (Å²) in [7, 11) is 1.50. The minimum absolute atomic E-state index is 0.219. The minimum Gasteiger partial charge on any atom is -0.495 e. The van der Waals surface area contributed by atoms with Crippen molar-refractivity contribution >= 4 is 23.6 Å². The number of amides is 1. The first-order valence-corrected chi connectivity index (χ1v) is 5.96. The van der Waals surface area contributed by atoms with Gasteiger partial charge in [-0.25, -0.2) is 0 Å². The highest BCUT2D eigenvalue weighted by atomic mass is 16.6. The van der Waals surface area contributed by atoms with Crippen LogP contribution in [0.15, 0.2) is 46.9 Å². The molecule has 1 aromatic carbocycles. The summed E-state index contributed by atoms with van der Waals surface area (Å²) >= 11 is 0. The van der Waals surface area contributed by atoms with Gasteiger partial charge in [0.15, 0.2) is 0 Å². The number of methoxy groups -OCH3 is 1. The summed E-state index contributed by atoms with van der Waals surface area (Å²) in [5.41, 5.74) is 0.528. The molecule has 7 heteroatoms. The molecule has 0 atom stereocenters. The van der Waals surface area contributed by atoms with Crippen molar-refractivity contribution in [2.75, 3.05) is 12.4 Å². The zero-order chi connectivity index (χ0) is 15.2. The van der Waals surface area contributed by atoms with Crippen LogP contribution in [-0.2, 0) is 4.79 Å². The Morgan fingerprint density at radius 2 is 2.10 bits per heavy atom. The van der Waals surface area contributed by atoms with Crippen LogP contribution in [0.5, 0.6) is 5.75 Å². The van der Waals surface area contributed by atoms with Crippen molar-refractivity contribution in [1.29, 1.82) is 0 Å². The first-order chi connectivity index (χ1) is 10.1. The summed E-state index contributed by atoms with van der Waals surface area (Å²) < 4.78 is 10.0. The third-order valence-electron chi connectivity index (χ3n) is 2.56. The van der Waals surface area contributed by atoms with Crippen LogP contribution in [-0.4, -0.2) is 17.9 Å². The number of carbonyl (C=O) groups is 1. The highest BCUT2D eigenvalue weighted by molar-refractivity contribution is 6.02. The van der Waals surface area contributed by atoms with Gasteiger partial charge in [0.1, 0.15) is 16.4 Å². The number of anilines is 1. The van der Waals surface area contributed by atoms with Gasteiger partial charge in [-0.2, -0.15) is 0 Å². The molecule has 0 saturated carbocycles. The minimum atomic E-state index is -0.647. The van der Waals surface area contributed by atoms with Gasteiger partial charge in [0.25, 0.3) is 0 Å². The number of nitrogens with one attached hydrogen (secondary N) is 1. The normalized spacial score (nSPS) is 10.5. The molecular weight excluding hydrogens is 276 g/mol. The summed E-state index contributed by atoms with van der Waals surface area (Å²) in [6.07, 6.45) is 2.56. The van der Waals surface area contributed by atoms with E-state index in [9.17, 15) is 14.9 Å². The van der Waals surface area contributed by atoms with Crippen molar-refractivity contribution in [3.8, 4) is 5.75 Å². The summed E-state index contributed by atoms with van der Waals surface area (Å²) in [5, 5.41) is 13.1. The summed E-state index contributed by atoms with van der Waals surface area (Å²) in [6.45, 7) is 0. The fraction of sp³-hybridized carbons (Fsp3) is 0.0714. The van der Waals surface area contributed by atoms with Gasteiger partial charge >= 0.3 is 5.88 Å². The lowest BCUT2D eigenvalue weighted by Crippen LogP contribution is -2.08. The van der Waals surface area contributed by atoms with Crippen LogP contribution in [0, 0.1) is 10.1 Å². The molecule has 1 heterocycles. The van der Waals surface area contributed by atoms with E-state index < -0.39 is 10.8 Å². The van der Waals surface area contributed by atoms with Gasteiger partial charge < -0.3 is 14.5 Å². The van der Waals surface area contributed by atoms with Crippen molar-refractivity contribution < 1.29 is 18.9 Å². The van der Waals surface area contributed by atoms with Crippen molar-refractivity contribution in [2.24, 2.45) is 0 Å². The number of carbonyl (C=O) groups excluding carboxylic acids is 1. The SMILES string of the molecule is COc1ccccc1NC(=O)C=Cc1ccc([N+](=O)[O-])o1. The lowest BCUT2D eigenvalue weighted by atomic mass is 10.3. The maximum atomic E-state index is 11.8. The van der Waals surface area contributed by atoms with Crippen molar-refractivity contribution in [2.45, 2.75) is 0 Å². The molecule has 0 bridgehead atoms. The second-order valence-corrected chi connectivity index (χ2v) is 3.96. The predicted octanol–water partition coefficient (Wildman–Crippen LogP) is 2.85. The Morgan fingerprint density at radius 3 is 2.76 bits per heavy atom. The Morgan fingerprint density at radius 1 is 1.33 bits per heavy atom. The number of rotatable bonds is 5. The molecule has 1 amide bonds. The second-order valence-electron chi connectivity index (χ2n) is 3.96. The molecule has 0 unspecified atom stereocenters. The third kappa shape index (κ3) is 3.69. The number of nitrogens with zero attached hydrogens (tertiary/aromatic N) is 1. The van der Waals surface area contributed by atoms with Crippen molar-refractivity contribution in [3.63, 3.8) is 0 Å². The highest BCUT2D eigenvalue weighted by Crippen LogP contribution is 2.23. The average Bonchev–Trinajstić information content (AvgIpc) is 2.95. The Balaban J connectivity index is 2.03. The molecular formula is C14H12N2O5. The fourth-order valence-corrected chi connectivity index (χ4v) is 1.61. The largest absolute Gasteiger partial charge is 0.495 e. The van der Waals surface area contributed by atoms with E-state index in [-0.39, 0.29) is 11.6 Å². The number of hydrogen-bond donors (Lipinski definition) is 1. The molecule has 0 aliphatic heterocycles. The van der Waals surface area contributed by atoms with Gasteiger partial charge in [0, 0.05) is 6.08 Å². The predicted molar refractivity (Wildman–Crippen MR) is 76.0 cm³/mol. The smallest absolute Gasteiger partial charge is 0.433 e. The molecule has 0 radical (unpaired) electrons. The number of benzene rings is 1. The molecule has 2 aromatic rings. The van der Waals surface area contributed by atoms with Crippen LogP contribution < -0.4 is 10.1 Å². The standard InChI is InChI=1S/C14H12N2O5/c1-20-12-5-3-2-4-11(12)15-13(17)8-6-10-7-9-14(21-10)16(18)19/h2-9H,1H3,(H,15,17). The van der Waals surface area contributed by atoms with Crippen molar-refractivity contribution in [3.05, 3.63) is 58.3 Å². The maximum absolute atomic E-state index is 11.8. The van der Waals surface area contributed by atoms with E-state index in [0.29, 0.717) is 11.4 Å². The lowest BCUT2D eigenvalue weighted by molar-refractivity contribution is -0.402. The van der Waals surface area contributed by atoms with Gasteiger partial charge in [-0.1, -0.05) is 12.1 Å². The number of furan rings is 1. The van der Waals surface area contributed by atoms with E-state index in [2.05, 4.69) is 5.32 Å². The van der Waals surface area contributed by atoms with Crippen LogP contribution in [0.1, 0.15) is 5.76 Å². The van der Waals surface area contributed by atoms with Gasteiger partial charge in [0.2, 0.25) is 5.91 Å². The van der Waals surface area contributed by atoms with Crippen LogP contribution in [0.2, 0.25) is 0 Å². The number of nitro groups is 1. The van der Waals surface area contributed by atoms with Crippen LogP contribution in [0.3, 0.4) is 0 Å². The number of para-hydroxylation sites is 2. The van der Waals surface area contributed by atoms with Crippen LogP contribution in [0.25, 0.3) is 6.08 Å². The molecule has 2 rings (SSSR count). The van der Waals surface area contributed by atoms with E-state index in [4.69, 9.17) is 9.15 Å². The summed E-state index contributed by atoms with van der Waals surface area (Å²) in [6, 6.07) is 9.59. The third-order valence-corrected chi connectivity index (χ3v) is 2.56. The molecule has 108 valence electrons. The first-order valence-electron chi connectivity index (χ1n) is 5.96. The molecule has 1 N–H and O–H groups in total. The van der Waals surface area contributed by atoms with Crippen molar-refractivity contribution in [1.82, 2.24) is 0 Å². The number of ether oxygens (including phenoxy) is 1. The zero-order valence-corrected chi connectivity index (χ0v) is 11.1. The zero-order valence-electron chi connectivity index (χ0n) is 11.1. The van der Waals surface area contributed by atoms with E-state index >= 15 is 0 Å². The van der Waals surface area contributed by atoms with E-state index in [0.717, 1.165) is 0 Å². The van der Waals surface area contributed by atoms with Gasteiger partial charge in [0.05, 0.1) is 18.9 Å². The Labute approximate surface area is 120 Å². The quantitative estimate of drug-likeness (QED) is 0.518. The van der Waals surface area contributed by atoms with Crippen LogP contribution in [0.4, 0.5) is 11.6 Å². The molecule has 0 saturated heterocycles. The highest BCUT2D eigenvalue weighted by Gasteiger charge is 2.10. The number of hydrogen-bond acceptors (Lipinski definition) is 5. The van der Waals surface area contributed by atoms with Gasteiger partial charge in [-0.15, -0.1) is 0 Å². The Kier molecular flexibility index (Phi) is 4.35. The molecule has 1 aromatic heterocycles. The van der Waals surface area contributed by atoms with E-state index in [1.807, 2.05) is 0 Å². The molecule has 0 spiro atoms.